The summed E-state index contributed by atoms with van der Waals surface area (Å²) >= 11 is 0. The lowest BCUT2D eigenvalue weighted by Gasteiger charge is -2.31. The van der Waals surface area contributed by atoms with Gasteiger partial charge in [-0.15, -0.1) is 0 Å². The molecule has 0 radical (unpaired) electrons. The maximum atomic E-state index is 12.8. The van der Waals surface area contributed by atoms with E-state index < -0.39 is 16.1 Å². The molecule has 1 heterocycles. The summed E-state index contributed by atoms with van der Waals surface area (Å²) in [6.07, 6.45) is 0.437. The van der Waals surface area contributed by atoms with E-state index in [0.29, 0.717) is 45.1 Å². The van der Waals surface area contributed by atoms with Crippen LogP contribution in [0.4, 0.5) is 0 Å². The van der Waals surface area contributed by atoms with Gasteiger partial charge in [0.25, 0.3) is 0 Å². The Morgan fingerprint density at radius 2 is 1.85 bits per heavy atom. The quantitative estimate of drug-likeness (QED) is 0.736. The lowest BCUT2D eigenvalue weighted by Crippen LogP contribution is -2.52. The molecule has 1 N–H and O–H groups in total. The van der Waals surface area contributed by atoms with E-state index in [1.165, 1.54) is 12.1 Å². The molecule has 1 aliphatic heterocycles. The molecule has 0 unspecified atom stereocenters. The molecule has 0 aromatic heterocycles. The Kier molecular flexibility index (Phi) is 7.43. The van der Waals surface area contributed by atoms with Crippen molar-refractivity contribution in [3.8, 4) is 5.75 Å². The third kappa shape index (κ3) is 5.69. The fourth-order valence-electron chi connectivity index (χ4n) is 2.81. The lowest BCUT2D eigenvalue weighted by molar-refractivity contribution is -0.137. The van der Waals surface area contributed by atoms with Gasteiger partial charge >= 0.3 is 0 Å². The number of carbonyl (C=O) groups excluding carboxylic acids is 1. The number of nitrogens with one attached hydrogen (secondary N) is 1. The Labute approximate surface area is 155 Å². The summed E-state index contributed by atoms with van der Waals surface area (Å²) in [4.78, 5) is 14.6. The molecule has 0 aliphatic carbocycles. The molecule has 8 heteroatoms. The van der Waals surface area contributed by atoms with Crippen molar-refractivity contribution >= 4 is 15.9 Å². The third-order valence-electron chi connectivity index (χ3n) is 4.07. The van der Waals surface area contributed by atoms with E-state index in [1.807, 2.05) is 20.8 Å². The number of carbonyl (C=O) groups is 1. The van der Waals surface area contributed by atoms with Crippen molar-refractivity contribution in [2.75, 3.05) is 32.9 Å². The fourth-order valence-corrected chi connectivity index (χ4v) is 4.01. The number of morpholine rings is 1. The van der Waals surface area contributed by atoms with Crippen molar-refractivity contribution < 1.29 is 22.7 Å². The summed E-state index contributed by atoms with van der Waals surface area (Å²) in [5, 5.41) is 0. The Bertz CT molecular complexity index is 682. The number of nitrogens with zero attached hydrogens (tertiary/aromatic N) is 1. The molecule has 26 heavy (non-hydrogen) atoms. The largest absolute Gasteiger partial charge is 0.494 e. The maximum absolute atomic E-state index is 12.8. The number of amides is 1. The van der Waals surface area contributed by atoms with Crippen LogP contribution in [0.3, 0.4) is 0 Å². The first-order chi connectivity index (χ1) is 12.3. The van der Waals surface area contributed by atoms with Crippen LogP contribution < -0.4 is 9.46 Å². The number of benzene rings is 1. The van der Waals surface area contributed by atoms with Gasteiger partial charge in [0, 0.05) is 13.1 Å². The normalized spacial score (nSPS) is 16.5. The molecule has 1 aromatic carbocycles. The van der Waals surface area contributed by atoms with Crippen LogP contribution in [0.5, 0.6) is 5.75 Å². The van der Waals surface area contributed by atoms with Gasteiger partial charge in [0.05, 0.1) is 24.7 Å². The number of hydrogen-bond acceptors (Lipinski definition) is 5. The van der Waals surface area contributed by atoms with Gasteiger partial charge in [0.2, 0.25) is 15.9 Å². The van der Waals surface area contributed by atoms with Crippen molar-refractivity contribution in [1.29, 1.82) is 0 Å². The first kappa shape index (κ1) is 20.7. The van der Waals surface area contributed by atoms with E-state index in [9.17, 15) is 13.2 Å². The van der Waals surface area contributed by atoms with Crippen molar-refractivity contribution in [1.82, 2.24) is 9.62 Å². The summed E-state index contributed by atoms with van der Waals surface area (Å²) in [5.74, 6) is 0.583. The number of hydrogen-bond donors (Lipinski definition) is 1. The predicted octanol–water partition coefficient (Wildman–Crippen LogP) is 1.64. The third-order valence-corrected chi connectivity index (χ3v) is 5.56. The summed E-state index contributed by atoms with van der Waals surface area (Å²) in [6.45, 7) is 8.22. The zero-order valence-corrected chi connectivity index (χ0v) is 16.4. The first-order valence-corrected chi connectivity index (χ1v) is 10.4. The van der Waals surface area contributed by atoms with Crippen LogP contribution >= 0.6 is 0 Å². The molecule has 1 fully saturated rings. The highest BCUT2D eigenvalue weighted by molar-refractivity contribution is 7.89. The molecular weight excluding hydrogens is 356 g/mol. The SMILES string of the molecule is CCOc1ccc(S(=O)(=O)N[C@@H](CC(C)C)C(=O)N2CCOCC2)cc1. The van der Waals surface area contributed by atoms with Gasteiger partial charge in [0.15, 0.2) is 0 Å². The fraction of sp³-hybridized carbons (Fsp3) is 0.611. The summed E-state index contributed by atoms with van der Waals surface area (Å²) in [6, 6.07) is 5.40. The minimum Gasteiger partial charge on any atom is -0.494 e. The molecule has 2 rings (SSSR count). The smallest absolute Gasteiger partial charge is 0.241 e. The van der Waals surface area contributed by atoms with E-state index in [2.05, 4.69) is 4.72 Å². The van der Waals surface area contributed by atoms with E-state index in [0.717, 1.165) is 0 Å². The van der Waals surface area contributed by atoms with Gasteiger partial charge in [-0.05, 0) is 43.5 Å². The summed E-state index contributed by atoms with van der Waals surface area (Å²) < 4.78 is 38.7. The Morgan fingerprint density at radius 1 is 1.23 bits per heavy atom. The van der Waals surface area contributed by atoms with E-state index in [4.69, 9.17) is 9.47 Å². The lowest BCUT2D eigenvalue weighted by atomic mass is 10.0. The van der Waals surface area contributed by atoms with Gasteiger partial charge in [-0.2, -0.15) is 4.72 Å². The number of rotatable bonds is 8. The van der Waals surface area contributed by atoms with Crippen LogP contribution in [0.2, 0.25) is 0 Å². The van der Waals surface area contributed by atoms with Crippen LogP contribution in [0.1, 0.15) is 27.2 Å². The molecule has 0 bridgehead atoms. The van der Waals surface area contributed by atoms with Crippen LogP contribution in [0.15, 0.2) is 29.2 Å². The Morgan fingerprint density at radius 3 is 2.38 bits per heavy atom. The maximum Gasteiger partial charge on any atom is 0.241 e. The molecule has 1 atom stereocenters. The molecule has 146 valence electrons. The van der Waals surface area contributed by atoms with Gasteiger partial charge in [-0.1, -0.05) is 13.8 Å². The standard InChI is InChI=1S/C18H28N2O5S/c1-4-25-15-5-7-16(8-6-15)26(22,23)19-17(13-14(2)3)18(21)20-9-11-24-12-10-20/h5-8,14,17,19H,4,9-13H2,1-3H3/t17-/m0/s1. The summed E-state index contributed by atoms with van der Waals surface area (Å²) in [5.41, 5.74) is 0. The van der Waals surface area contributed by atoms with Crippen molar-refractivity contribution in [3.05, 3.63) is 24.3 Å². The van der Waals surface area contributed by atoms with E-state index in [1.54, 1.807) is 17.0 Å². The topological polar surface area (TPSA) is 84.9 Å². The predicted molar refractivity (Wildman–Crippen MR) is 98.6 cm³/mol. The molecule has 1 amide bonds. The highest BCUT2D eigenvalue weighted by Crippen LogP contribution is 2.18. The van der Waals surface area contributed by atoms with Crippen molar-refractivity contribution in [2.24, 2.45) is 5.92 Å². The van der Waals surface area contributed by atoms with Crippen LogP contribution in [0, 0.1) is 5.92 Å². The van der Waals surface area contributed by atoms with Crippen LogP contribution in [-0.4, -0.2) is 58.2 Å². The molecule has 1 saturated heterocycles. The minimum absolute atomic E-state index is 0.115. The van der Waals surface area contributed by atoms with Gasteiger partial charge in [0.1, 0.15) is 11.8 Å². The average molecular weight is 384 g/mol. The van der Waals surface area contributed by atoms with Gasteiger partial charge in [-0.25, -0.2) is 8.42 Å². The van der Waals surface area contributed by atoms with Crippen molar-refractivity contribution in [3.63, 3.8) is 0 Å². The second kappa shape index (κ2) is 9.34. The van der Waals surface area contributed by atoms with Crippen molar-refractivity contribution in [2.45, 2.75) is 38.1 Å². The summed E-state index contributed by atoms with van der Waals surface area (Å²) in [7, 11) is -3.80. The molecule has 1 aliphatic rings. The van der Waals surface area contributed by atoms with Crippen LogP contribution in [0.25, 0.3) is 0 Å². The monoisotopic (exact) mass is 384 g/mol. The minimum atomic E-state index is -3.80. The average Bonchev–Trinajstić information content (AvgIpc) is 2.61. The highest BCUT2D eigenvalue weighted by atomic mass is 32.2. The van der Waals surface area contributed by atoms with E-state index >= 15 is 0 Å². The zero-order chi connectivity index (χ0) is 19.2. The number of ether oxygens (including phenoxy) is 2. The second-order valence-corrected chi connectivity index (χ2v) is 8.36. The molecule has 0 saturated carbocycles. The molecular formula is C18H28N2O5S. The Balaban J connectivity index is 2.15. The van der Waals surface area contributed by atoms with Gasteiger partial charge in [-0.3, -0.25) is 4.79 Å². The second-order valence-electron chi connectivity index (χ2n) is 6.65. The molecule has 1 aromatic rings. The highest BCUT2D eigenvalue weighted by Gasteiger charge is 2.30. The zero-order valence-electron chi connectivity index (χ0n) is 15.6. The Hall–Kier alpha value is -1.64. The van der Waals surface area contributed by atoms with E-state index in [-0.39, 0.29) is 16.7 Å². The number of sulfonamides is 1. The molecule has 0 spiro atoms. The first-order valence-electron chi connectivity index (χ1n) is 8.95. The molecule has 7 nitrogen and oxygen atoms in total. The van der Waals surface area contributed by atoms with Gasteiger partial charge < -0.3 is 14.4 Å². The van der Waals surface area contributed by atoms with Crippen LogP contribution in [-0.2, 0) is 19.6 Å².